The van der Waals surface area contributed by atoms with Gasteiger partial charge in [0.1, 0.15) is 52.2 Å². The van der Waals surface area contributed by atoms with E-state index >= 15 is 0 Å². The zero-order valence-corrected chi connectivity index (χ0v) is 82.3. The largest absolute Gasteiger partial charge is 0.512 e. The number of carbonyl (C=O) groups is 6. The zero-order valence-electron chi connectivity index (χ0n) is 76.6. The monoisotopic (exact) mass is 2060 g/mol. The molecule has 1 amide bonds. The van der Waals surface area contributed by atoms with Crippen molar-refractivity contribution in [2.45, 2.75) is 92.6 Å². The first-order valence-electron chi connectivity index (χ1n) is 42.6. The molecule has 0 aliphatic carbocycles. The van der Waals surface area contributed by atoms with Crippen LogP contribution in [0, 0.1) is 27.2 Å². The third kappa shape index (κ3) is 31.8. The number of anilines is 1. The van der Waals surface area contributed by atoms with Gasteiger partial charge in [-0.25, -0.2) is 24.9 Å². The Morgan fingerprint density at radius 2 is 1.04 bits per heavy atom. The minimum atomic E-state index is -1.01. The Morgan fingerprint density at radius 1 is 0.514 bits per heavy atom. The average molecular weight is 2060 g/mol. The zero-order chi connectivity index (χ0) is 101. The number of aliphatic hydroxyl groups is 2. The third-order valence-electron chi connectivity index (χ3n) is 19.2. The summed E-state index contributed by atoms with van der Waals surface area (Å²) in [5.74, 6) is 5.09. The van der Waals surface area contributed by atoms with E-state index in [1.54, 1.807) is 31.9 Å². The fraction of sp³-hybridized carbons (Fsp3) is 0.228. The number of nitro groups is 2. The quantitative estimate of drug-likeness (QED) is 0.00807. The van der Waals surface area contributed by atoms with Gasteiger partial charge in [0.05, 0.1) is 97.8 Å². The van der Waals surface area contributed by atoms with Crippen molar-refractivity contribution in [2.75, 3.05) is 72.0 Å². The number of aromatic hydroxyl groups is 2. The van der Waals surface area contributed by atoms with Crippen molar-refractivity contribution in [3.63, 3.8) is 0 Å². The van der Waals surface area contributed by atoms with Crippen LogP contribution in [0.25, 0.3) is 67.8 Å². The topological polar surface area (TPSA) is 612 Å². The number of hydrogen-bond donors (Lipinski definition) is 11. The molecule has 4 aliphatic heterocycles. The second-order valence-corrected chi connectivity index (χ2v) is 37.3. The van der Waals surface area contributed by atoms with E-state index in [1.165, 1.54) is 95.9 Å². The van der Waals surface area contributed by atoms with Crippen LogP contribution in [0.3, 0.4) is 0 Å². The predicted molar refractivity (Wildman–Crippen MR) is 545 cm³/mol. The first kappa shape index (κ1) is 106. The molecule has 1 fully saturated rings. The van der Waals surface area contributed by atoms with Gasteiger partial charge in [-0.2, -0.15) is 15.3 Å². The van der Waals surface area contributed by atoms with Crippen LogP contribution in [0.5, 0.6) is 28.7 Å². The normalized spacial score (nSPS) is 12.5. The Kier molecular flexibility index (Phi) is 38.7. The molecule has 7 aromatic heterocycles. The number of aliphatic carboxylic acids is 1. The molecule has 7 aromatic carbocycles. The highest BCUT2D eigenvalue weighted by Crippen LogP contribution is 2.41. The molecule has 14 aromatic rings. The van der Waals surface area contributed by atoms with Crippen molar-refractivity contribution in [2.24, 2.45) is 20.4 Å². The first-order valence-corrected chi connectivity index (χ1v) is 49.5. The van der Waals surface area contributed by atoms with Gasteiger partial charge in [0.2, 0.25) is 37.4 Å². The molecule has 0 atom stereocenters. The van der Waals surface area contributed by atoms with E-state index in [0.717, 1.165) is 138 Å². The number of para-hydroxylation sites is 1. The summed E-state index contributed by atoms with van der Waals surface area (Å²) >= 11 is 8.96. The summed E-state index contributed by atoms with van der Waals surface area (Å²) in [6, 6.07) is 45.7. The molecule has 0 radical (unpaired) electrons. The number of fused-ring (bicyclic) bond motifs is 2. The number of thioether (sulfide) groups is 7. The molecular formula is C92H91N25O18S7. The van der Waals surface area contributed by atoms with Crippen molar-refractivity contribution in [1.82, 2.24) is 90.7 Å². The average Bonchev–Trinajstić information content (AvgIpc) is 1.67. The summed E-state index contributed by atoms with van der Waals surface area (Å²) < 4.78 is 17.8. The van der Waals surface area contributed by atoms with Gasteiger partial charge < -0.3 is 49.6 Å². The number of aliphatic hydroxyl groups excluding tert-OH is 2. The number of H-pyrrole nitrogens is 6. The van der Waals surface area contributed by atoms with Gasteiger partial charge in [0, 0.05) is 107 Å². The van der Waals surface area contributed by atoms with Gasteiger partial charge in [0.25, 0.3) is 5.69 Å². The minimum Gasteiger partial charge on any atom is -0.512 e. The highest BCUT2D eigenvalue weighted by Gasteiger charge is 2.27. The molecule has 142 heavy (non-hydrogen) atoms. The summed E-state index contributed by atoms with van der Waals surface area (Å²) in [5.41, 5.74) is 10.9. The SMILES string of the molecule is C=C(O)CSC1=NN=C(c2ccc3c(c2)OCCO3)C1.C=C(O)CSC1=NN=C(c2cccc3cc[nH]c23)C1.CC(=O)CSc1n[nH]c(-c2ccc(N3CCCC3=O)cc2)n1.CC(=O)CSc1n[nH]c(-c2cccc(C)c2)n1.CC(=O)CSc1n[nH]c(-c2cccc(Cn3cccn3)c2)n1.COc1cc(-c2nc(SCC(C)=O)n[nH]2)cc([N+](=O)[O-])c1O.O=C(O)CSc1n[nH]c(-c2cc([N+](=O)[O-])ccc2O)n1. The van der Waals surface area contributed by atoms with Gasteiger partial charge in [-0.15, -0.1) is 59.2 Å². The predicted octanol–water partition coefficient (Wildman–Crippen LogP) is 16.4. The van der Waals surface area contributed by atoms with E-state index in [-0.39, 0.29) is 91.6 Å². The van der Waals surface area contributed by atoms with Crippen LogP contribution in [-0.2, 0) is 35.3 Å². The van der Waals surface area contributed by atoms with Crippen LogP contribution in [0.4, 0.5) is 17.1 Å². The van der Waals surface area contributed by atoms with Gasteiger partial charge in [-0.3, -0.25) is 79.2 Å². The number of hydrogen-bond acceptors (Lipinski definition) is 39. The molecule has 1 saturated heterocycles. The Hall–Kier alpha value is -15.4. The van der Waals surface area contributed by atoms with E-state index in [1.807, 2.05) is 133 Å². The summed E-state index contributed by atoms with van der Waals surface area (Å²) in [6.07, 6.45) is 8.53. The van der Waals surface area contributed by atoms with E-state index in [2.05, 4.69) is 132 Å². The molecule has 50 heteroatoms. The van der Waals surface area contributed by atoms with Crippen molar-refractivity contribution in [3.8, 4) is 85.7 Å². The Morgan fingerprint density at radius 3 is 1.56 bits per heavy atom. The summed E-state index contributed by atoms with van der Waals surface area (Å²) in [4.78, 5) is 112. The molecule has 734 valence electrons. The number of methoxy groups -OCH3 is 1. The number of nitrogens with zero attached hydrogens (tertiary/aromatic N) is 19. The lowest BCUT2D eigenvalue weighted by Gasteiger charge is -2.18. The summed E-state index contributed by atoms with van der Waals surface area (Å²) in [6.45, 7) is 17.7. The molecule has 0 unspecified atom stereocenters. The number of phenols is 2. The number of nitrogens with one attached hydrogen (secondary N) is 6. The second kappa shape index (κ2) is 52.0. The number of benzene rings is 7. The second-order valence-electron chi connectivity index (χ2n) is 30.5. The van der Waals surface area contributed by atoms with Gasteiger partial charge >= 0.3 is 11.7 Å². The van der Waals surface area contributed by atoms with Crippen LogP contribution in [-0.4, -0.2) is 250 Å². The van der Waals surface area contributed by atoms with Crippen molar-refractivity contribution in [1.29, 1.82) is 0 Å². The number of aromatic nitrogens is 18. The van der Waals surface area contributed by atoms with Crippen LogP contribution in [0.15, 0.2) is 241 Å². The number of carbonyl (C=O) groups excluding carboxylic acids is 5. The van der Waals surface area contributed by atoms with E-state index < -0.39 is 27.3 Å². The number of aryl methyl sites for hydroxylation is 1. The maximum absolute atomic E-state index is 11.7. The number of non-ortho nitro benzene ring substituents is 1. The van der Waals surface area contributed by atoms with Crippen LogP contribution in [0.1, 0.15) is 75.6 Å². The maximum atomic E-state index is 11.7. The van der Waals surface area contributed by atoms with Gasteiger partial charge in [0.15, 0.2) is 46.4 Å². The van der Waals surface area contributed by atoms with Crippen molar-refractivity contribution in [3.05, 3.63) is 237 Å². The standard InChI is InChI=1S/C15H15N5OS.C15H16N4O2S.C14H13N3OS.C14H14N2O3S.C12H12N4O5S.C12H13N3OS.C10H8N4O5S/c1-11(21)10-22-15-17-14(18-19-15)13-5-2-4-12(8-13)9-20-7-3-6-16-20;1-10(20)9-22-15-16-14(17-18-15)11-4-6-12(7-5-11)19-8-2-3-13(19)21;1-9(18)8-19-13-7-12(16-17-13)11-4-2-3-10-5-6-15-14(10)11;1-9(17)8-20-14-7-11(15-16-14)10-2-3-12-13(6-10)19-5-4-18-12;1-6(17)5-22-12-13-11(14-15-12)7-3-8(16(19)20)10(18)9(4-7)21-2;1-8-4-3-5-10(6-8)11-13-12(15-14-11)17-7-9(2)16;15-7-2-1-5(14(18)19)3-6(7)9-11-10(13-12-9)20-4-8(16)17/h2-8H,9-10H2,1H3,(H,17,18,19);4-7H,2-3,8-9H2,1H3,(H,16,17,18);2-6,15,18H,1,7-8H2;2-3,6,17H,1,4-5,7-8H2;3-4,18H,5H2,1-2H3,(H,13,14,15);3-6H,7H2,1-2H3,(H,13,14,15);1-3,15H,4H2,(H,16,17)(H,11,12,13). The third-order valence-corrected chi connectivity index (χ3v) is 26.0. The van der Waals surface area contributed by atoms with Crippen LogP contribution < -0.4 is 19.1 Å². The van der Waals surface area contributed by atoms with Crippen molar-refractivity contribution >= 4 is 167 Å². The fourth-order valence-electron chi connectivity index (χ4n) is 12.8. The Labute approximate surface area is 838 Å². The number of phenolic OH excluding ortho intramolecular Hbond substituents is 2. The van der Waals surface area contributed by atoms with E-state index in [4.69, 9.17) is 29.5 Å². The number of aromatic amines is 6. The van der Waals surface area contributed by atoms with E-state index in [0.29, 0.717) is 106 Å². The number of carboxylic acids is 1. The van der Waals surface area contributed by atoms with E-state index in [9.17, 15) is 59.2 Å². The summed E-state index contributed by atoms with van der Waals surface area (Å²) in [5, 5.41) is 128. The smallest absolute Gasteiger partial charge is 0.315 e. The summed E-state index contributed by atoms with van der Waals surface area (Å²) in [7, 11) is 1.29. The minimum absolute atomic E-state index is 0.0155. The highest BCUT2D eigenvalue weighted by molar-refractivity contribution is 8.14. The molecule has 4 aliphatic rings. The number of nitro benzene ring substituents is 2. The molecule has 11 N–H and O–H groups in total. The van der Waals surface area contributed by atoms with Crippen LogP contribution in [0.2, 0.25) is 0 Å². The Bertz CT molecular complexity index is 7020. The molecule has 0 spiro atoms. The lowest BCUT2D eigenvalue weighted by atomic mass is 10.1. The number of amides is 1. The molecule has 18 rings (SSSR count). The number of carboxylic acid groups (broad SMARTS) is 1. The van der Waals surface area contributed by atoms with Crippen molar-refractivity contribution < 1.29 is 78.4 Å². The van der Waals surface area contributed by atoms with Gasteiger partial charge in [-0.1, -0.05) is 132 Å². The molecule has 0 bridgehead atoms. The lowest BCUT2D eigenvalue weighted by Crippen LogP contribution is -2.23. The molecular weight excluding hydrogens is 1970 g/mol. The van der Waals surface area contributed by atoms with Gasteiger partial charge in [-0.05, 0) is 125 Å². The number of rotatable bonds is 32. The number of ether oxygens (including phenoxy) is 3. The maximum Gasteiger partial charge on any atom is 0.315 e. The Balaban J connectivity index is 0.000000148. The lowest BCUT2D eigenvalue weighted by molar-refractivity contribution is -0.385. The number of ketones is 4. The number of Topliss-reactive ketones (excluding diaryl/α,β-unsaturated/α-hetero) is 4. The molecule has 11 heterocycles. The first-order chi connectivity index (χ1) is 68.3. The van der Waals surface area contributed by atoms with Crippen LogP contribution >= 0.6 is 82.3 Å². The highest BCUT2D eigenvalue weighted by atomic mass is 32.2. The fourth-order valence-corrected chi connectivity index (χ4v) is 17.0. The molecule has 43 nitrogen and oxygen atoms in total. The molecule has 0 saturated carbocycles.